The van der Waals surface area contributed by atoms with Crippen LogP contribution >= 0.6 is 23.2 Å². The quantitative estimate of drug-likeness (QED) is 0.378. The molecule has 0 aliphatic carbocycles. The molecule has 4 aromatic rings. The standard InChI is InChI=1S/C24H22Cl2N6O3/c1-14(22-18(25)12-27-13-19(22)26)35-16-3-4-20-17(10-16)23(31-30-20)24(33)29-15-2-5-21(28-11-15)32-6-8-34-9-7-32/h2-5,10-14H,6-9H2,1H3,(H,29,33)(H,30,31). The predicted octanol–water partition coefficient (Wildman–Crippen LogP) is 4.89. The van der Waals surface area contributed by atoms with Crippen LogP contribution in [0.2, 0.25) is 10.0 Å². The lowest BCUT2D eigenvalue weighted by atomic mass is 10.1. The van der Waals surface area contributed by atoms with Gasteiger partial charge >= 0.3 is 0 Å². The number of amides is 1. The number of anilines is 2. The number of morpholine rings is 1. The van der Waals surface area contributed by atoms with Gasteiger partial charge in [-0.2, -0.15) is 5.10 Å². The van der Waals surface area contributed by atoms with Crippen LogP contribution in [-0.4, -0.2) is 52.4 Å². The van der Waals surface area contributed by atoms with Crippen LogP contribution < -0.4 is 15.0 Å². The highest BCUT2D eigenvalue weighted by Gasteiger charge is 2.19. The van der Waals surface area contributed by atoms with Crippen molar-refractivity contribution in [3.63, 3.8) is 0 Å². The van der Waals surface area contributed by atoms with Gasteiger partial charge in [0.2, 0.25) is 0 Å². The normalized spacial score (nSPS) is 14.7. The van der Waals surface area contributed by atoms with Crippen LogP contribution in [0.15, 0.2) is 48.9 Å². The number of ether oxygens (including phenoxy) is 2. The van der Waals surface area contributed by atoms with Crippen LogP contribution in [0.3, 0.4) is 0 Å². The maximum Gasteiger partial charge on any atom is 0.276 e. The summed E-state index contributed by atoms with van der Waals surface area (Å²) in [4.78, 5) is 23.6. The Hall–Kier alpha value is -3.40. The topological polar surface area (TPSA) is 105 Å². The largest absolute Gasteiger partial charge is 0.486 e. The molecule has 2 N–H and O–H groups in total. The number of nitrogens with zero attached hydrogens (tertiary/aromatic N) is 4. The van der Waals surface area contributed by atoms with Crippen molar-refractivity contribution in [1.82, 2.24) is 20.2 Å². The zero-order valence-electron chi connectivity index (χ0n) is 18.8. The number of aromatic nitrogens is 4. The van der Waals surface area contributed by atoms with Gasteiger partial charge in [-0.05, 0) is 37.3 Å². The maximum atomic E-state index is 13.0. The number of hydrogen-bond acceptors (Lipinski definition) is 7. The van der Waals surface area contributed by atoms with E-state index in [1.165, 1.54) is 12.4 Å². The smallest absolute Gasteiger partial charge is 0.276 e. The summed E-state index contributed by atoms with van der Waals surface area (Å²) in [6.45, 7) is 4.79. The molecule has 1 aliphatic heterocycles. The van der Waals surface area contributed by atoms with E-state index in [1.54, 1.807) is 24.4 Å². The van der Waals surface area contributed by atoms with Gasteiger partial charge in [0.15, 0.2) is 5.69 Å². The highest BCUT2D eigenvalue weighted by Crippen LogP contribution is 2.33. The van der Waals surface area contributed by atoms with Crippen LogP contribution in [0, 0.1) is 0 Å². The fourth-order valence-electron chi connectivity index (χ4n) is 3.94. The summed E-state index contributed by atoms with van der Waals surface area (Å²) in [7, 11) is 0. The van der Waals surface area contributed by atoms with E-state index in [2.05, 4.69) is 30.4 Å². The summed E-state index contributed by atoms with van der Waals surface area (Å²) in [5.74, 6) is 1.03. The first-order valence-corrected chi connectivity index (χ1v) is 11.8. The monoisotopic (exact) mass is 512 g/mol. The number of hydrogen-bond donors (Lipinski definition) is 2. The molecule has 0 spiro atoms. The Balaban J connectivity index is 1.32. The van der Waals surface area contributed by atoms with Gasteiger partial charge in [0.25, 0.3) is 5.91 Å². The number of carbonyl (C=O) groups is 1. The third-order valence-corrected chi connectivity index (χ3v) is 6.30. The number of pyridine rings is 2. The van der Waals surface area contributed by atoms with Crippen molar-refractivity contribution >= 4 is 51.5 Å². The summed E-state index contributed by atoms with van der Waals surface area (Å²) >= 11 is 12.5. The zero-order valence-corrected chi connectivity index (χ0v) is 20.3. The minimum Gasteiger partial charge on any atom is -0.486 e. The Labute approximate surface area is 211 Å². The first-order valence-electron chi connectivity index (χ1n) is 11.0. The molecule has 1 aromatic carbocycles. The first kappa shape index (κ1) is 23.3. The fraction of sp³-hybridized carbons (Fsp3) is 0.250. The Kier molecular flexibility index (Phi) is 6.72. The van der Waals surface area contributed by atoms with Gasteiger partial charge in [-0.1, -0.05) is 23.2 Å². The van der Waals surface area contributed by atoms with Crippen molar-refractivity contribution in [2.75, 3.05) is 36.5 Å². The second kappa shape index (κ2) is 10.1. The van der Waals surface area contributed by atoms with E-state index in [0.717, 1.165) is 18.9 Å². The van der Waals surface area contributed by atoms with E-state index in [0.29, 0.717) is 51.2 Å². The van der Waals surface area contributed by atoms with Crippen LogP contribution in [0.25, 0.3) is 10.9 Å². The third kappa shape index (κ3) is 5.02. The highest BCUT2D eigenvalue weighted by molar-refractivity contribution is 6.35. The Morgan fingerprint density at radius 3 is 2.63 bits per heavy atom. The minimum atomic E-state index is -0.435. The molecule has 1 amide bonds. The molecule has 5 rings (SSSR count). The Morgan fingerprint density at radius 2 is 1.91 bits per heavy atom. The van der Waals surface area contributed by atoms with Crippen molar-refractivity contribution in [1.29, 1.82) is 0 Å². The molecule has 1 aliphatic rings. The van der Waals surface area contributed by atoms with Gasteiger partial charge in [-0.25, -0.2) is 4.98 Å². The summed E-state index contributed by atoms with van der Waals surface area (Å²) < 4.78 is 11.4. The fourth-order valence-corrected chi connectivity index (χ4v) is 4.61. The van der Waals surface area contributed by atoms with Crippen molar-refractivity contribution in [2.24, 2.45) is 0 Å². The molecule has 35 heavy (non-hydrogen) atoms. The summed E-state index contributed by atoms with van der Waals surface area (Å²) in [6.07, 6.45) is 4.24. The van der Waals surface area contributed by atoms with Gasteiger partial charge in [-0.3, -0.25) is 14.9 Å². The first-order chi connectivity index (χ1) is 17.0. The molecule has 1 saturated heterocycles. The second-order valence-electron chi connectivity index (χ2n) is 8.02. The molecule has 1 fully saturated rings. The number of H-pyrrole nitrogens is 1. The summed E-state index contributed by atoms with van der Waals surface area (Å²) in [5.41, 5.74) is 2.17. The molecule has 1 atom stereocenters. The van der Waals surface area contributed by atoms with Crippen molar-refractivity contribution in [3.8, 4) is 5.75 Å². The lowest BCUT2D eigenvalue weighted by Crippen LogP contribution is -2.36. The molecule has 0 radical (unpaired) electrons. The Bertz CT molecular complexity index is 1340. The molecular weight excluding hydrogens is 491 g/mol. The van der Waals surface area contributed by atoms with Gasteiger partial charge in [0.1, 0.15) is 17.7 Å². The third-order valence-electron chi connectivity index (χ3n) is 5.70. The van der Waals surface area contributed by atoms with E-state index in [4.69, 9.17) is 32.7 Å². The molecule has 4 heterocycles. The molecule has 0 bridgehead atoms. The SMILES string of the molecule is CC(Oc1ccc2[nH]nc(C(=O)Nc3ccc(N4CCOCC4)nc3)c2c1)c1c(Cl)cncc1Cl. The lowest BCUT2D eigenvalue weighted by molar-refractivity contribution is 0.102. The number of carbonyl (C=O) groups excluding carboxylic acids is 1. The summed E-state index contributed by atoms with van der Waals surface area (Å²) in [6, 6.07) is 9.05. The molecule has 9 nitrogen and oxygen atoms in total. The lowest BCUT2D eigenvalue weighted by Gasteiger charge is -2.27. The van der Waals surface area contributed by atoms with Crippen LogP contribution in [0.5, 0.6) is 5.75 Å². The number of benzene rings is 1. The van der Waals surface area contributed by atoms with E-state index >= 15 is 0 Å². The number of rotatable bonds is 6. The number of fused-ring (bicyclic) bond motifs is 1. The molecule has 180 valence electrons. The van der Waals surface area contributed by atoms with E-state index in [1.807, 2.05) is 19.1 Å². The number of nitrogens with one attached hydrogen (secondary N) is 2. The van der Waals surface area contributed by atoms with E-state index in [9.17, 15) is 4.79 Å². The van der Waals surface area contributed by atoms with Gasteiger partial charge in [-0.15, -0.1) is 0 Å². The van der Waals surface area contributed by atoms with Crippen molar-refractivity contribution < 1.29 is 14.3 Å². The second-order valence-corrected chi connectivity index (χ2v) is 8.83. The van der Waals surface area contributed by atoms with Crippen molar-refractivity contribution in [2.45, 2.75) is 13.0 Å². The average Bonchev–Trinajstić information content (AvgIpc) is 3.28. The number of halogens is 2. The molecular formula is C24H22Cl2N6O3. The molecule has 1 unspecified atom stereocenters. The van der Waals surface area contributed by atoms with Crippen LogP contribution in [0.4, 0.5) is 11.5 Å². The Morgan fingerprint density at radius 1 is 1.14 bits per heavy atom. The van der Waals surface area contributed by atoms with Crippen molar-refractivity contribution in [3.05, 3.63) is 70.2 Å². The van der Waals surface area contributed by atoms with Crippen LogP contribution in [-0.2, 0) is 4.74 Å². The predicted molar refractivity (Wildman–Crippen MR) is 135 cm³/mol. The maximum absolute atomic E-state index is 13.0. The summed E-state index contributed by atoms with van der Waals surface area (Å²) in [5, 5.41) is 11.4. The zero-order chi connectivity index (χ0) is 24.4. The van der Waals surface area contributed by atoms with Gasteiger partial charge in [0, 0.05) is 36.4 Å². The minimum absolute atomic E-state index is 0.246. The average molecular weight is 513 g/mol. The van der Waals surface area contributed by atoms with Gasteiger partial charge < -0.3 is 19.7 Å². The van der Waals surface area contributed by atoms with Gasteiger partial charge in [0.05, 0.1) is 40.7 Å². The molecule has 3 aromatic heterocycles. The van der Waals surface area contributed by atoms with E-state index < -0.39 is 6.10 Å². The van der Waals surface area contributed by atoms with E-state index in [-0.39, 0.29) is 11.6 Å². The highest BCUT2D eigenvalue weighted by atomic mass is 35.5. The van der Waals surface area contributed by atoms with Crippen LogP contribution in [0.1, 0.15) is 29.1 Å². The number of aromatic amines is 1. The molecule has 11 heteroatoms. The molecule has 0 saturated carbocycles.